The summed E-state index contributed by atoms with van der Waals surface area (Å²) in [6, 6.07) is 9.34. The number of pyridine rings is 1. The second-order valence-corrected chi connectivity index (χ2v) is 7.72. The summed E-state index contributed by atoms with van der Waals surface area (Å²) in [6.07, 6.45) is 15.7. The topological polar surface area (TPSA) is 74.3 Å². The molecule has 1 amide bonds. The largest absolute Gasteiger partial charge is 0.321 e. The van der Waals surface area contributed by atoms with Gasteiger partial charge in [-0.15, -0.1) is 0 Å². The number of amides is 1. The third-order valence-corrected chi connectivity index (χ3v) is 5.18. The van der Waals surface area contributed by atoms with E-state index in [1.54, 1.807) is 6.07 Å². The number of unbranched alkanes of at least 4 members (excludes halogenated alkanes) is 10. The summed E-state index contributed by atoms with van der Waals surface area (Å²) in [5.41, 5.74) is 3.52. The number of carbonyl (C=O) groups excluding carboxylic acids is 1. The molecule has 2 aromatic rings. The minimum Gasteiger partial charge on any atom is -0.321 e. The van der Waals surface area contributed by atoms with E-state index >= 15 is 0 Å². The Balaban J connectivity index is 1.56. The van der Waals surface area contributed by atoms with Crippen LogP contribution in [0, 0.1) is 0 Å². The molecular formula is C24H35N3O2. The number of hydrogen-bond donors (Lipinski definition) is 2. The summed E-state index contributed by atoms with van der Waals surface area (Å²) >= 11 is 0. The molecule has 1 aromatic heterocycles. The SMILES string of the molecule is CCCCCCCCCCCCCC(=O)N/N=C/c1cc2ccccc2[nH]c1=O. The van der Waals surface area contributed by atoms with Gasteiger partial charge in [0.15, 0.2) is 0 Å². The number of para-hydroxylation sites is 1. The first-order valence-corrected chi connectivity index (χ1v) is 11.1. The molecule has 1 aromatic carbocycles. The first kappa shape index (κ1) is 22.9. The molecule has 0 atom stereocenters. The molecule has 0 spiro atoms. The Morgan fingerprint density at radius 3 is 2.28 bits per heavy atom. The van der Waals surface area contributed by atoms with E-state index < -0.39 is 0 Å². The van der Waals surface area contributed by atoms with Crippen LogP contribution in [0.1, 0.15) is 89.5 Å². The molecule has 158 valence electrons. The summed E-state index contributed by atoms with van der Waals surface area (Å²) in [4.78, 5) is 26.7. The van der Waals surface area contributed by atoms with Crippen molar-refractivity contribution in [3.63, 3.8) is 0 Å². The molecule has 0 saturated heterocycles. The lowest BCUT2D eigenvalue weighted by Crippen LogP contribution is -2.18. The highest BCUT2D eigenvalue weighted by atomic mass is 16.2. The van der Waals surface area contributed by atoms with Gasteiger partial charge in [-0.25, -0.2) is 5.43 Å². The molecule has 2 rings (SSSR count). The van der Waals surface area contributed by atoms with Crippen LogP contribution in [0.4, 0.5) is 0 Å². The average Bonchev–Trinajstić information content (AvgIpc) is 2.72. The van der Waals surface area contributed by atoms with Crippen LogP contribution in [-0.2, 0) is 4.79 Å². The van der Waals surface area contributed by atoms with E-state index in [-0.39, 0.29) is 11.5 Å². The summed E-state index contributed by atoms with van der Waals surface area (Å²) < 4.78 is 0. The van der Waals surface area contributed by atoms with Crippen molar-refractivity contribution < 1.29 is 4.79 Å². The van der Waals surface area contributed by atoms with Gasteiger partial charge in [0.05, 0.1) is 11.8 Å². The Bertz CT molecular complexity index is 826. The molecule has 1 heterocycles. The maximum absolute atomic E-state index is 12.0. The highest BCUT2D eigenvalue weighted by Crippen LogP contribution is 2.12. The van der Waals surface area contributed by atoms with Crippen LogP contribution in [0.2, 0.25) is 0 Å². The summed E-state index contributed by atoms with van der Waals surface area (Å²) in [5.74, 6) is -0.102. The van der Waals surface area contributed by atoms with Crippen LogP contribution in [0.15, 0.2) is 40.2 Å². The number of benzene rings is 1. The first-order chi connectivity index (χ1) is 14.2. The van der Waals surface area contributed by atoms with Gasteiger partial charge >= 0.3 is 0 Å². The van der Waals surface area contributed by atoms with Crippen molar-refractivity contribution in [3.8, 4) is 0 Å². The smallest absolute Gasteiger partial charge is 0.257 e. The predicted octanol–water partition coefficient (Wildman–Crippen LogP) is 5.68. The molecule has 0 saturated carbocycles. The van der Waals surface area contributed by atoms with Crippen molar-refractivity contribution in [2.24, 2.45) is 5.10 Å². The van der Waals surface area contributed by atoms with Crippen LogP contribution in [0.3, 0.4) is 0 Å². The van der Waals surface area contributed by atoms with Crippen molar-refractivity contribution in [2.75, 3.05) is 0 Å². The summed E-state index contributed by atoms with van der Waals surface area (Å²) in [7, 11) is 0. The Hall–Kier alpha value is -2.43. The maximum Gasteiger partial charge on any atom is 0.257 e. The second-order valence-electron chi connectivity index (χ2n) is 7.72. The van der Waals surface area contributed by atoms with Gasteiger partial charge in [-0.2, -0.15) is 5.10 Å². The Morgan fingerprint density at radius 1 is 0.966 bits per heavy atom. The van der Waals surface area contributed by atoms with E-state index in [0.29, 0.717) is 12.0 Å². The molecule has 2 N–H and O–H groups in total. The molecule has 0 aliphatic heterocycles. The molecule has 0 aliphatic rings. The van der Waals surface area contributed by atoms with Gasteiger partial charge in [0.2, 0.25) is 5.91 Å². The number of nitrogens with zero attached hydrogens (tertiary/aromatic N) is 1. The predicted molar refractivity (Wildman–Crippen MR) is 121 cm³/mol. The molecule has 5 nitrogen and oxygen atoms in total. The maximum atomic E-state index is 12.0. The number of H-pyrrole nitrogens is 1. The minimum atomic E-state index is -0.216. The van der Waals surface area contributed by atoms with Crippen molar-refractivity contribution in [2.45, 2.75) is 84.0 Å². The van der Waals surface area contributed by atoms with Gasteiger partial charge in [0.1, 0.15) is 0 Å². The lowest BCUT2D eigenvalue weighted by molar-refractivity contribution is -0.121. The fraction of sp³-hybridized carbons (Fsp3) is 0.542. The Labute approximate surface area is 174 Å². The van der Waals surface area contributed by atoms with Gasteiger partial charge in [-0.3, -0.25) is 9.59 Å². The van der Waals surface area contributed by atoms with E-state index in [2.05, 4.69) is 22.4 Å². The van der Waals surface area contributed by atoms with Crippen LogP contribution in [0.5, 0.6) is 0 Å². The monoisotopic (exact) mass is 397 g/mol. The zero-order chi connectivity index (χ0) is 20.7. The Kier molecular flexibility index (Phi) is 10.8. The number of aromatic nitrogens is 1. The molecule has 29 heavy (non-hydrogen) atoms. The van der Waals surface area contributed by atoms with E-state index in [9.17, 15) is 9.59 Å². The van der Waals surface area contributed by atoms with Crippen molar-refractivity contribution >= 4 is 23.0 Å². The zero-order valence-electron chi connectivity index (χ0n) is 17.7. The van der Waals surface area contributed by atoms with Gasteiger partial charge in [-0.05, 0) is 23.9 Å². The van der Waals surface area contributed by atoms with Crippen molar-refractivity contribution in [1.29, 1.82) is 0 Å². The van der Waals surface area contributed by atoms with Gasteiger partial charge in [-0.1, -0.05) is 89.3 Å². The molecule has 0 fully saturated rings. The van der Waals surface area contributed by atoms with Gasteiger partial charge < -0.3 is 4.98 Å². The highest BCUT2D eigenvalue weighted by Gasteiger charge is 2.02. The van der Waals surface area contributed by atoms with Crippen molar-refractivity contribution in [3.05, 3.63) is 46.2 Å². The molecule has 5 heteroatoms. The molecular weight excluding hydrogens is 362 g/mol. The molecule has 0 aliphatic carbocycles. The van der Waals surface area contributed by atoms with Gasteiger partial charge in [0.25, 0.3) is 5.56 Å². The molecule has 0 bridgehead atoms. The van der Waals surface area contributed by atoms with Crippen LogP contribution in [-0.4, -0.2) is 17.1 Å². The van der Waals surface area contributed by atoms with E-state index in [1.807, 2.05) is 24.3 Å². The number of fused-ring (bicyclic) bond motifs is 1. The lowest BCUT2D eigenvalue weighted by Gasteiger charge is -2.03. The lowest BCUT2D eigenvalue weighted by atomic mass is 10.1. The molecule has 0 unspecified atom stereocenters. The first-order valence-electron chi connectivity index (χ1n) is 11.1. The van der Waals surface area contributed by atoms with Crippen molar-refractivity contribution in [1.82, 2.24) is 10.4 Å². The number of aromatic amines is 1. The van der Waals surface area contributed by atoms with E-state index in [0.717, 1.165) is 23.7 Å². The van der Waals surface area contributed by atoms with Crippen LogP contribution in [0.25, 0.3) is 10.9 Å². The molecule has 0 radical (unpaired) electrons. The average molecular weight is 398 g/mol. The standard InChI is InChI=1S/C24H35N3O2/c1-2-3-4-5-6-7-8-9-10-11-12-17-23(28)27-25-19-21-18-20-15-13-14-16-22(20)26-24(21)29/h13-16,18-19H,2-12,17H2,1H3,(H,26,29)(H,27,28)/b25-19+. The Morgan fingerprint density at radius 2 is 1.59 bits per heavy atom. The normalized spacial score (nSPS) is 11.3. The fourth-order valence-electron chi connectivity index (χ4n) is 3.44. The second kappa shape index (κ2) is 13.7. The quantitative estimate of drug-likeness (QED) is 0.244. The van der Waals surface area contributed by atoms with Crippen LogP contribution < -0.4 is 11.0 Å². The third kappa shape index (κ3) is 9.07. The number of rotatable bonds is 14. The third-order valence-electron chi connectivity index (χ3n) is 5.18. The number of hydrogen-bond acceptors (Lipinski definition) is 3. The van der Waals surface area contributed by atoms with Gasteiger partial charge in [0, 0.05) is 11.9 Å². The number of hydrazone groups is 1. The number of nitrogens with one attached hydrogen (secondary N) is 2. The summed E-state index contributed by atoms with van der Waals surface area (Å²) in [5, 5.41) is 4.87. The highest BCUT2D eigenvalue weighted by molar-refractivity contribution is 5.88. The van der Waals surface area contributed by atoms with E-state index in [4.69, 9.17) is 0 Å². The minimum absolute atomic E-state index is 0.102. The fourth-order valence-corrected chi connectivity index (χ4v) is 3.44. The summed E-state index contributed by atoms with van der Waals surface area (Å²) in [6.45, 7) is 2.25. The number of carbonyl (C=O) groups is 1. The zero-order valence-corrected chi connectivity index (χ0v) is 17.7. The van der Waals surface area contributed by atoms with Crippen LogP contribution >= 0.6 is 0 Å². The van der Waals surface area contributed by atoms with E-state index in [1.165, 1.54) is 64.0 Å².